The monoisotopic (exact) mass is 844 g/mol. The van der Waals surface area contributed by atoms with Gasteiger partial charge in [0.05, 0.1) is 46.0 Å². The van der Waals surface area contributed by atoms with E-state index in [2.05, 4.69) is 48.7 Å². The molecule has 0 aliphatic carbocycles. The highest BCUT2D eigenvalue weighted by Gasteiger charge is 2.45. The van der Waals surface area contributed by atoms with Crippen LogP contribution in [0.4, 0.5) is 5.82 Å². The third-order valence-corrected chi connectivity index (χ3v) is 12.3. The molecule has 0 bridgehead atoms. The van der Waals surface area contributed by atoms with Crippen LogP contribution in [0.15, 0.2) is 126 Å². The van der Waals surface area contributed by atoms with Crippen LogP contribution in [0.5, 0.6) is 11.5 Å². The largest absolute Gasteiger partial charge is 0.497 e. The lowest BCUT2D eigenvalue weighted by atomic mass is 9.80. The van der Waals surface area contributed by atoms with E-state index < -0.39 is 38.3 Å². The smallest absolute Gasteiger partial charge is 0.351 e. The van der Waals surface area contributed by atoms with Crippen LogP contribution >= 0.6 is 8.53 Å². The number of carbonyl (C=O) groups excluding carboxylic acids is 1. The van der Waals surface area contributed by atoms with Gasteiger partial charge in [0.2, 0.25) is 0 Å². The third kappa shape index (κ3) is 10.3. The molecule has 0 spiro atoms. The lowest BCUT2D eigenvalue weighted by Gasteiger charge is -2.39. The second-order valence-electron chi connectivity index (χ2n) is 14.7. The van der Waals surface area contributed by atoms with Gasteiger partial charge in [-0.3, -0.25) is 9.36 Å². The number of amides is 1. The van der Waals surface area contributed by atoms with E-state index in [0.29, 0.717) is 17.1 Å². The Labute approximate surface area is 352 Å². The van der Waals surface area contributed by atoms with Gasteiger partial charge >= 0.3 is 5.69 Å². The highest BCUT2D eigenvalue weighted by molar-refractivity contribution is 7.44. The first-order valence-electron chi connectivity index (χ1n) is 19.9. The Morgan fingerprint density at radius 2 is 1.45 bits per heavy atom. The normalized spacial score (nSPS) is 17.1. The van der Waals surface area contributed by atoms with Crippen LogP contribution in [-0.2, 0) is 24.1 Å². The van der Waals surface area contributed by atoms with E-state index in [1.165, 1.54) is 4.57 Å². The number of hydrogen-bond donors (Lipinski definition) is 1. The van der Waals surface area contributed by atoms with Crippen molar-refractivity contribution < 1.29 is 32.8 Å². The molecule has 2 heterocycles. The standard InChI is InChI=1S/C46H52N5O8P/c1-32(2)51(33(3)4)60(57-29-13-27-47)59-40-30-43(50-28-26-42(49-45(50)53)48-44(52)34-14-9-7-10-15-34)58-41(40)31-56-46(35-16-11-8-12-17-35,36-18-22-38(54-5)23-19-36)37-20-24-39(55-6)25-21-37/h7-12,14-26,28,32-33,40-41,43H,13,29-31H2,1-6H3,(H,48,49,52,53)/t40-,41+,43+,60?/m0/s1/i26+1,28+1,30+1,31+1,40+1,41+1,42+1,43+1,45+1,49+1,50+1. The Bertz CT molecular complexity index is 2180. The maximum absolute atomic E-state index is 13.7. The van der Waals surface area contributed by atoms with Gasteiger partial charge in [-0.2, -0.15) is 10.2 Å². The Balaban J connectivity index is 1.39. The molecule has 1 N–H and O–H groups in total. The van der Waals surface area contributed by atoms with E-state index in [1.807, 2.05) is 84.9 Å². The van der Waals surface area contributed by atoms with Gasteiger partial charge < -0.3 is 33.3 Å². The number of nitriles is 1. The minimum atomic E-state index is -1.70. The summed E-state index contributed by atoms with van der Waals surface area (Å²) in [4.78, 5) is 30.7. The van der Waals surface area contributed by atoms with Gasteiger partial charge in [-0.1, -0.05) is 72.8 Å². The van der Waals surface area contributed by atoms with Crippen molar-refractivity contribution in [2.45, 2.75) is 76.7 Å². The number of anilines is 1. The van der Waals surface area contributed by atoms with E-state index in [1.54, 1.807) is 50.7 Å². The van der Waals surface area contributed by atoms with Crippen molar-refractivity contribution >= 4 is 20.3 Å². The predicted octanol–water partition coefficient (Wildman–Crippen LogP) is 8.47. The molecule has 60 heavy (non-hydrogen) atoms. The van der Waals surface area contributed by atoms with Crippen molar-refractivity contribution in [1.29, 1.82) is 5.26 Å². The number of benzene rings is 4. The van der Waals surface area contributed by atoms with Gasteiger partial charge in [-0.05, 0) is 86.8 Å². The van der Waals surface area contributed by atoms with Gasteiger partial charge in [0.25, 0.3) is 14.4 Å². The summed E-state index contributed by atoms with van der Waals surface area (Å²) in [6.45, 7) is 8.49. The van der Waals surface area contributed by atoms with Crippen LogP contribution in [0.25, 0.3) is 0 Å². The Morgan fingerprint density at radius 1 is 0.883 bits per heavy atom. The number of methoxy groups -OCH3 is 2. The van der Waals surface area contributed by atoms with Crippen LogP contribution in [0.1, 0.15) is 73.8 Å². The molecule has 6 rings (SSSR count). The fourth-order valence-electron chi connectivity index (χ4n) is 7.30. The molecule has 1 aliphatic heterocycles. The molecule has 0 radical (unpaired) electrons. The molecule has 1 unspecified atom stereocenters. The van der Waals surface area contributed by atoms with Crippen LogP contribution < -0.4 is 20.5 Å². The third-order valence-electron chi connectivity index (χ3n) is 10.1. The second-order valence-corrected chi connectivity index (χ2v) is 16.1. The highest BCUT2D eigenvalue weighted by Crippen LogP contribution is 2.50. The van der Waals surface area contributed by atoms with Gasteiger partial charge in [-0.25, -0.2) is 9.46 Å². The summed E-state index contributed by atoms with van der Waals surface area (Å²) in [6, 6.07) is 38.0. The van der Waals surface area contributed by atoms with E-state index in [0.717, 1.165) is 16.7 Å². The number of nitrogens with zero attached hydrogens (tertiary/aromatic N) is 4. The Hall–Kier alpha value is -5.45. The molecule has 1 saturated heterocycles. The zero-order valence-corrected chi connectivity index (χ0v) is 35.7. The van der Waals surface area contributed by atoms with Gasteiger partial charge in [0.15, 0.2) is 0 Å². The summed E-state index contributed by atoms with van der Waals surface area (Å²) < 4.78 is 41.9. The zero-order valence-electron chi connectivity index (χ0n) is 34.8. The first-order valence-corrected chi connectivity index (χ1v) is 21.1. The van der Waals surface area contributed by atoms with Crippen LogP contribution in [0, 0.1) is 11.3 Å². The summed E-state index contributed by atoms with van der Waals surface area (Å²) in [5, 5.41) is 12.1. The molecule has 4 aromatic carbocycles. The average Bonchev–Trinajstić information content (AvgIpc) is 3.66. The van der Waals surface area contributed by atoms with Crippen molar-refractivity contribution in [2.24, 2.45) is 0 Å². The fourth-order valence-corrected chi connectivity index (χ4v) is 9.06. The number of aromatic nitrogens is 2. The van der Waals surface area contributed by atoms with Crippen LogP contribution in [0.3, 0.4) is 0 Å². The van der Waals surface area contributed by atoms with Crippen LogP contribution in [-0.4, -0.2) is 71.9 Å². The average molecular weight is 845 g/mol. The molecule has 4 atom stereocenters. The zero-order chi connectivity index (χ0) is 42.6. The molecular weight excluding hydrogens is 792 g/mol. The first-order chi connectivity index (χ1) is 29.1. The minimum Gasteiger partial charge on any atom is -0.497 e. The maximum Gasteiger partial charge on any atom is 0.351 e. The molecular formula is C46H52N5O8P. The highest BCUT2D eigenvalue weighted by atomic mass is 31.2. The Morgan fingerprint density at radius 3 is 1.98 bits per heavy atom. The lowest BCUT2D eigenvalue weighted by Crippen LogP contribution is -2.39. The second kappa shape index (κ2) is 20.7. The first kappa shape index (κ1) is 44.1. The SMILES string of the molecule is COc1ccc(C(O[13CH2][13C@H]2O[13C@@H]([15n]3[13cH][13cH][13c](NC(=O)c4ccccc4)[15n][13c]3=O)[13CH2][13C@@H]2OP(OCCC#N)N(C(C)C)C(C)C)(c2ccccc2)c2ccc(OC)cc2)cc1. The van der Waals surface area contributed by atoms with Crippen molar-refractivity contribution in [3.8, 4) is 17.6 Å². The van der Waals surface area contributed by atoms with E-state index in [-0.39, 0.29) is 49.9 Å². The Kier molecular flexibility index (Phi) is 15.2. The van der Waals surface area contributed by atoms with E-state index in [9.17, 15) is 14.9 Å². The van der Waals surface area contributed by atoms with Crippen molar-refractivity contribution in [1.82, 2.24) is 14.2 Å². The lowest BCUT2D eigenvalue weighted by molar-refractivity contribution is -0.0925. The number of carbonyl (C=O) groups is 1. The number of hydrogen-bond acceptors (Lipinski definition) is 11. The van der Waals surface area contributed by atoms with Gasteiger partial charge in [0, 0.05) is 30.3 Å². The molecule has 1 aromatic heterocycles. The van der Waals surface area contributed by atoms with E-state index >= 15 is 0 Å². The molecule has 0 saturated carbocycles. The topological polar surface area (TPSA) is 146 Å². The molecule has 5 aromatic rings. The molecule has 1 amide bonds. The van der Waals surface area contributed by atoms with Crippen molar-refractivity contribution in [2.75, 3.05) is 32.8 Å². The summed E-state index contributed by atoms with van der Waals surface area (Å²) in [7, 11) is 1.55. The minimum absolute atomic E-state index is 0.0201. The predicted molar refractivity (Wildman–Crippen MR) is 230 cm³/mol. The molecule has 1 aliphatic rings. The molecule has 314 valence electrons. The molecule has 1 fully saturated rings. The molecule has 14 heteroatoms. The van der Waals surface area contributed by atoms with Crippen molar-refractivity contribution in [3.05, 3.63) is 154 Å². The summed E-state index contributed by atoms with van der Waals surface area (Å²) in [5.74, 6) is 1.12. The van der Waals surface area contributed by atoms with Gasteiger partial charge in [0.1, 0.15) is 35.2 Å². The van der Waals surface area contributed by atoms with Crippen LogP contribution in [0.2, 0.25) is 0 Å². The van der Waals surface area contributed by atoms with Crippen molar-refractivity contribution in [3.63, 3.8) is 0 Å². The molecule has 13 nitrogen and oxygen atoms in total. The maximum atomic E-state index is 13.7. The number of ether oxygens (including phenoxy) is 4. The quantitative estimate of drug-likeness (QED) is 0.0370. The number of nitrogens with one attached hydrogen (secondary N) is 1. The van der Waals surface area contributed by atoms with E-state index in [4.69, 9.17) is 28.0 Å². The summed E-state index contributed by atoms with van der Waals surface area (Å²) >= 11 is 0. The fraction of sp³-hybridized carbons (Fsp3) is 0.348. The summed E-state index contributed by atoms with van der Waals surface area (Å²) in [6.07, 6.45) is -0.153. The summed E-state index contributed by atoms with van der Waals surface area (Å²) in [5.41, 5.74) is 1.22. The number of rotatable bonds is 19. The van der Waals surface area contributed by atoms with Gasteiger partial charge in [-0.15, -0.1) is 0 Å².